The van der Waals surface area contributed by atoms with Gasteiger partial charge in [0, 0.05) is 29.7 Å². The van der Waals surface area contributed by atoms with Crippen molar-refractivity contribution in [2.24, 2.45) is 0 Å². The van der Waals surface area contributed by atoms with E-state index in [0.29, 0.717) is 12.3 Å². The number of ether oxygens (including phenoxy) is 3. The van der Waals surface area contributed by atoms with Crippen molar-refractivity contribution < 1.29 is 19.3 Å². The van der Waals surface area contributed by atoms with Crippen LogP contribution in [-0.4, -0.2) is 57.6 Å². The maximum atomic E-state index is 10.5. The highest BCUT2D eigenvalue weighted by molar-refractivity contribution is 5.58. The fourth-order valence-electron chi connectivity index (χ4n) is 3.15. The maximum Gasteiger partial charge on any atom is 0.132 e. The number of aliphatic hydroxyl groups excluding tert-OH is 1. The number of aliphatic hydroxyl groups is 1. The van der Waals surface area contributed by atoms with Gasteiger partial charge in [0.15, 0.2) is 0 Å². The first-order valence-electron chi connectivity index (χ1n) is 8.19. The number of likely N-dealkylation sites (tertiary alicyclic amines) is 1. The first-order valence-corrected chi connectivity index (χ1v) is 8.19. The zero-order valence-electron chi connectivity index (χ0n) is 15.5. The lowest BCUT2D eigenvalue weighted by Crippen LogP contribution is -2.40. The number of β-amino-alcohol motifs (C(OH)–C–C–N with tert-alkyl or cyclic N) is 1. The van der Waals surface area contributed by atoms with E-state index in [1.165, 1.54) is 0 Å². The van der Waals surface area contributed by atoms with Gasteiger partial charge in [0.05, 0.1) is 27.4 Å². The summed E-state index contributed by atoms with van der Waals surface area (Å²) >= 11 is 0. The molecule has 1 aromatic carbocycles. The van der Waals surface area contributed by atoms with Gasteiger partial charge in [-0.2, -0.15) is 0 Å². The molecule has 0 saturated carbocycles. The van der Waals surface area contributed by atoms with Crippen LogP contribution in [0.4, 0.5) is 0 Å². The molecule has 0 aliphatic carbocycles. The summed E-state index contributed by atoms with van der Waals surface area (Å²) in [6, 6.07) is 1.87. The Morgan fingerprint density at radius 2 is 1.70 bits per heavy atom. The minimum atomic E-state index is -0.431. The minimum Gasteiger partial charge on any atom is -0.496 e. The SMILES string of the molecule is CC.COc1cc(OC)c(C2CCN(C)CC2O)c(OC)c1C. The van der Waals surface area contributed by atoms with Gasteiger partial charge in [-0.3, -0.25) is 0 Å². The van der Waals surface area contributed by atoms with E-state index in [2.05, 4.69) is 4.90 Å². The Bertz CT molecular complexity index is 504. The summed E-state index contributed by atoms with van der Waals surface area (Å²) in [5.41, 5.74) is 1.88. The largest absolute Gasteiger partial charge is 0.496 e. The Labute approximate surface area is 140 Å². The Kier molecular flexibility index (Phi) is 7.65. The van der Waals surface area contributed by atoms with E-state index < -0.39 is 6.10 Å². The van der Waals surface area contributed by atoms with Crippen LogP contribution >= 0.6 is 0 Å². The Morgan fingerprint density at radius 3 is 2.17 bits per heavy atom. The Balaban J connectivity index is 0.00000127. The molecule has 0 aromatic heterocycles. The summed E-state index contributed by atoms with van der Waals surface area (Å²) in [7, 11) is 6.93. The number of rotatable bonds is 4. The molecule has 23 heavy (non-hydrogen) atoms. The second-order valence-corrected chi connectivity index (χ2v) is 5.58. The van der Waals surface area contributed by atoms with Crippen molar-refractivity contribution in [1.82, 2.24) is 4.90 Å². The third kappa shape index (κ3) is 4.09. The molecular formula is C18H31NO4. The maximum absolute atomic E-state index is 10.5. The van der Waals surface area contributed by atoms with Crippen molar-refractivity contribution >= 4 is 0 Å². The number of nitrogens with zero attached hydrogens (tertiary/aromatic N) is 1. The van der Waals surface area contributed by atoms with Gasteiger partial charge in [-0.05, 0) is 26.9 Å². The quantitative estimate of drug-likeness (QED) is 0.922. The summed E-state index contributed by atoms with van der Waals surface area (Å²) < 4.78 is 16.5. The van der Waals surface area contributed by atoms with Gasteiger partial charge in [0.1, 0.15) is 17.2 Å². The number of methoxy groups -OCH3 is 3. The van der Waals surface area contributed by atoms with Crippen LogP contribution in [-0.2, 0) is 0 Å². The minimum absolute atomic E-state index is 0.00991. The van der Waals surface area contributed by atoms with Crippen molar-refractivity contribution in [1.29, 1.82) is 0 Å². The molecule has 0 amide bonds. The first-order chi connectivity index (χ1) is 11.0. The third-order valence-corrected chi connectivity index (χ3v) is 4.28. The van der Waals surface area contributed by atoms with E-state index in [1.807, 2.05) is 33.9 Å². The van der Waals surface area contributed by atoms with E-state index in [4.69, 9.17) is 14.2 Å². The highest BCUT2D eigenvalue weighted by atomic mass is 16.5. The second-order valence-electron chi connectivity index (χ2n) is 5.58. The standard InChI is InChI=1S/C16H25NO4.C2H6/c1-10-13(19-3)8-14(20-4)15(16(10)21-5)11-6-7-17(2)9-12(11)18;1-2/h8,11-12,18H,6-7,9H2,1-5H3;1-2H3. The molecular weight excluding hydrogens is 294 g/mol. The van der Waals surface area contributed by atoms with Gasteiger partial charge in [-0.15, -0.1) is 0 Å². The highest BCUT2D eigenvalue weighted by Gasteiger charge is 2.33. The first kappa shape index (κ1) is 19.6. The van der Waals surface area contributed by atoms with Crippen LogP contribution in [0.3, 0.4) is 0 Å². The van der Waals surface area contributed by atoms with Gasteiger partial charge < -0.3 is 24.2 Å². The van der Waals surface area contributed by atoms with Crippen LogP contribution in [0.25, 0.3) is 0 Å². The molecule has 2 unspecified atom stereocenters. The van der Waals surface area contributed by atoms with Gasteiger partial charge in [0.25, 0.3) is 0 Å². The lowest BCUT2D eigenvalue weighted by Gasteiger charge is -2.35. The van der Waals surface area contributed by atoms with Gasteiger partial charge in [0.2, 0.25) is 0 Å². The third-order valence-electron chi connectivity index (χ3n) is 4.28. The lowest BCUT2D eigenvalue weighted by molar-refractivity contribution is 0.0619. The smallest absolute Gasteiger partial charge is 0.132 e. The molecule has 2 rings (SSSR count). The molecule has 0 radical (unpaired) electrons. The molecule has 1 heterocycles. The summed E-state index contributed by atoms with van der Waals surface area (Å²) in [4.78, 5) is 2.14. The molecule has 0 bridgehead atoms. The highest BCUT2D eigenvalue weighted by Crippen LogP contribution is 2.45. The summed E-state index contributed by atoms with van der Waals surface area (Å²) in [6.07, 6.45) is 0.440. The van der Waals surface area contributed by atoms with Crippen molar-refractivity contribution in [3.8, 4) is 17.2 Å². The van der Waals surface area contributed by atoms with Crippen LogP contribution in [0.2, 0.25) is 0 Å². The number of hydrogen-bond acceptors (Lipinski definition) is 5. The zero-order chi connectivity index (χ0) is 17.6. The second kappa shape index (κ2) is 8.99. The molecule has 1 aliphatic heterocycles. The van der Waals surface area contributed by atoms with Crippen LogP contribution in [0.15, 0.2) is 6.07 Å². The Morgan fingerprint density at radius 1 is 1.09 bits per heavy atom. The average Bonchev–Trinajstić information content (AvgIpc) is 2.56. The number of likely N-dealkylation sites (N-methyl/N-ethyl adjacent to an activating group) is 1. The Hall–Kier alpha value is -1.46. The van der Waals surface area contributed by atoms with Crippen molar-refractivity contribution in [2.75, 3.05) is 41.5 Å². The van der Waals surface area contributed by atoms with E-state index in [-0.39, 0.29) is 5.92 Å². The lowest BCUT2D eigenvalue weighted by atomic mass is 9.85. The number of benzene rings is 1. The van der Waals surface area contributed by atoms with Crippen LogP contribution in [0, 0.1) is 6.92 Å². The fraction of sp³-hybridized carbons (Fsp3) is 0.667. The molecule has 1 aromatic rings. The van der Waals surface area contributed by atoms with E-state index >= 15 is 0 Å². The molecule has 1 fully saturated rings. The van der Waals surface area contributed by atoms with Crippen molar-refractivity contribution in [2.45, 2.75) is 39.2 Å². The normalized spacial score (nSPS) is 21.2. The monoisotopic (exact) mass is 325 g/mol. The molecule has 1 N–H and O–H groups in total. The molecule has 0 spiro atoms. The predicted octanol–water partition coefficient (Wildman–Crippen LogP) is 2.83. The molecule has 1 aliphatic rings. The van der Waals surface area contributed by atoms with Gasteiger partial charge in [-0.1, -0.05) is 13.8 Å². The van der Waals surface area contributed by atoms with Gasteiger partial charge in [-0.25, -0.2) is 0 Å². The topological polar surface area (TPSA) is 51.2 Å². The summed E-state index contributed by atoms with van der Waals surface area (Å²) in [5.74, 6) is 2.20. The van der Waals surface area contributed by atoms with Crippen LogP contribution in [0.1, 0.15) is 37.3 Å². The number of hydrogen-bond donors (Lipinski definition) is 1. The van der Waals surface area contributed by atoms with E-state index in [1.54, 1.807) is 21.3 Å². The molecule has 132 valence electrons. The van der Waals surface area contributed by atoms with Crippen LogP contribution < -0.4 is 14.2 Å². The molecule has 2 atom stereocenters. The van der Waals surface area contributed by atoms with E-state index in [9.17, 15) is 5.11 Å². The predicted molar refractivity (Wildman–Crippen MR) is 93.0 cm³/mol. The molecule has 5 heteroatoms. The van der Waals surface area contributed by atoms with Crippen molar-refractivity contribution in [3.63, 3.8) is 0 Å². The van der Waals surface area contributed by atoms with Crippen molar-refractivity contribution in [3.05, 3.63) is 17.2 Å². The molecule has 5 nitrogen and oxygen atoms in total. The van der Waals surface area contributed by atoms with Gasteiger partial charge >= 0.3 is 0 Å². The summed E-state index contributed by atoms with van der Waals surface area (Å²) in [5, 5.41) is 10.5. The number of piperidine rings is 1. The van der Waals surface area contributed by atoms with Crippen LogP contribution in [0.5, 0.6) is 17.2 Å². The molecule has 1 saturated heterocycles. The fourth-order valence-corrected chi connectivity index (χ4v) is 3.15. The zero-order valence-corrected chi connectivity index (χ0v) is 15.5. The average molecular weight is 325 g/mol. The summed E-state index contributed by atoms with van der Waals surface area (Å²) in [6.45, 7) is 7.56. The van der Waals surface area contributed by atoms with E-state index in [0.717, 1.165) is 35.6 Å².